The molecule has 2 N–H and O–H groups in total. The van der Waals surface area contributed by atoms with Crippen LogP contribution in [0.3, 0.4) is 0 Å². The number of phenols is 1. The number of amides is 1. The number of rotatable bonds is 4. The van der Waals surface area contributed by atoms with E-state index in [1.54, 1.807) is 4.90 Å². The quantitative estimate of drug-likeness (QED) is 0.888. The smallest absolute Gasteiger partial charge is 0.260 e. The summed E-state index contributed by atoms with van der Waals surface area (Å²) in [5.74, 6) is -1.44. The van der Waals surface area contributed by atoms with Crippen molar-refractivity contribution in [3.8, 4) is 5.75 Å². The Kier molecular flexibility index (Phi) is 4.60. The number of hydrogen-bond acceptors (Lipinski definition) is 3. The van der Waals surface area contributed by atoms with Crippen molar-refractivity contribution in [1.82, 2.24) is 10.2 Å². The van der Waals surface area contributed by atoms with Crippen molar-refractivity contribution in [1.29, 1.82) is 0 Å². The summed E-state index contributed by atoms with van der Waals surface area (Å²) >= 11 is 0. The van der Waals surface area contributed by atoms with Crippen LogP contribution < -0.4 is 5.32 Å². The molecule has 4 nitrogen and oxygen atoms in total. The number of carbonyl (C=O) groups is 1. The number of hydrogen-bond donors (Lipinski definition) is 2. The third kappa shape index (κ3) is 3.10. The molecule has 5 heteroatoms. The summed E-state index contributed by atoms with van der Waals surface area (Å²) in [5, 5.41) is 13.1. The van der Waals surface area contributed by atoms with Crippen LogP contribution in [0.15, 0.2) is 18.2 Å². The van der Waals surface area contributed by atoms with Crippen LogP contribution >= 0.6 is 0 Å². The molecule has 0 bridgehead atoms. The molecule has 0 spiro atoms. The lowest BCUT2D eigenvalue weighted by Gasteiger charge is -2.30. The molecule has 1 aromatic carbocycles. The standard InChI is InChI=1S/C15H21FN2O2/c1-10(2)18(9-11-5-4-8-17-11)15(20)14-12(16)6-3-7-13(14)19/h3,6-7,10-11,17,19H,4-5,8-9H2,1-2H3. The molecule has 0 aromatic heterocycles. The predicted molar refractivity (Wildman–Crippen MR) is 75.3 cm³/mol. The Labute approximate surface area is 118 Å². The van der Waals surface area contributed by atoms with Gasteiger partial charge in [0.05, 0.1) is 0 Å². The van der Waals surface area contributed by atoms with Gasteiger partial charge in [-0.1, -0.05) is 6.07 Å². The zero-order valence-electron chi connectivity index (χ0n) is 11.9. The average Bonchev–Trinajstić information content (AvgIpc) is 2.88. The Hall–Kier alpha value is -1.62. The van der Waals surface area contributed by atoms with Gasteiger partial charge < -0.3 is 15.3 Å². The summed E-state index contributed by atoms with van der Waals surface area (Å²) in [6.07, 6.45) is 2.11. The molecule has 2 rings (SSSR count). The van der Waals surface area contributed by atoms with Crippen LogP contribution in [-0.2, 0) is 0 Å². The van der Waals surface area contributed by atoms with Gasteiger partial charge in [0, 0.05) is 18.6 Å². The van der Waals surface area contributed by atoms with E-state index in [2.05, 4.69) is 5.32 Å². The molecule has 1 atom stereocenters. The molecule has 1 saturated heterocycles. The van der Waals surface area contributed by atoms with E-state index < -0.39 is 11.7 Å². The maximum Gasteiger partial charge on any atom is 0.260 e. The molecule has 1 fully saturated rings. The number of carbonyl (C=O) groups excluding carboxylic acids is 1. The van der Waals surface area contributed by atoms with Crippen molar-refractivity contribution >= 4 is 5.91 Å². The summed E-state index contributed by atoms with van der Waals surface area (Å²) < 4.78 is 13.8. The third-order valence-corrected chi connectivity index (χ3v) is 3.67. The highest BCUT2D eigenvalue weighted by Gasteiger charge is 2.27. The third-order valence-electron chi connectivity index (χ3n) is 3.67. The molecular weight excluding hydrogens is 259 g/mol. The van der Waals surface area contributed by atoms with Gasteiger partial charge in [-0.3, -0.25) is 4.79 Å². The summed E-state index contributed by atoms with van der Waals surface area (Å²) in [4.78, 5) is 14.1. The lowest BCUT2D eigenvalue weighted by Crippen LogP contribution is -2.45. The number of nitrogens with one attached hydrogen (secondary N) is 1. The zero-order valence-corrected chi connectivity index (χ0v) is 11.9. The first kappa shape index (κ1) is 14.8. The number of nitrogens with zero attached hydrogens (tertiary/aromatic N) is 1. The van der Waals surface area contributed by atoms with Gasteiger partial charge in [-0.15, -0.1) is 0 Å². The van der Waals surface area contributed by atoms with Crippen molar-refractivity contribution in [3.63, 3.8) is 0 Å². The van der Waals surface area contributed by atoms with Crippen LogP contribution in [0.5, 0.6) is 5.75 Å². The molecule has 1 aromatic rings. The molecule has 0 aliphatic carbocycles. The molecular formula is C15H21FN2O2. The van der Waals surface area contributed by atoms with Crippen molar-refractivity contribution in [3.05, 3.63) is 29.6 Å². The first-order valence-corrected chi connectivity index (χ1v) is 7.02. The molecule has 0 saturated carbocycles. The minimum absolute atomic E-state index is 0.0519. The van der Waals surface area contributed by atoms with E-state index in [-0.39, 0.29) is 23.4 Å². The average molecular weight is 280 g/mol. The highest BCUT2D eigenvalue weighted by atomic mass is 19.1. The number of phenolic OH excluding ortho intramolecular Hbond substituents is 1. The first-order chi connectivity index (χ1) is 9.50. The Bertz CT molecular complexity index is 465. The Morgan fingerprint density at radius 1 is 1.55 bits per heavy atom. The minimum Gasteiger partial charge on any atom is -0.507 e. The Morgan fingerprint density at radius 2 is 2.30 bits per heavy atom. The van der Waals surface area contributed by atoms with E-state index in [1.165, 1.54) is 18.2 Å². The highest BCUT2D eigenvalue weighted by molar-refractivity contribution is 5.97. The van der Waals surface area contributed by atoms with E-state index in [4.69, 9.17) is 0 Å². The van der Waals surface area contributed by atoms with Gasteiger partial charge in [0.25, 0.3) is 5.91 Å². The van der Waals surface area contributed by atoms with Crippen LogP contribution in [0, 0.1) is 5.82 Å². The van der Waals surface area contributed by atoms with E-state index in [9.17, 15) is 14.3 Å². The minimum atomic E-state index is -0.681. The van der Waals surface area contributed by atoms with Crippen molar-refractivity contribution in [2.45, 2.75) is 38.8 Å². The first-order valence-electron chi connectivity index (χ1n) is 7.02. The van der Waals surface area contributed by atoms with Gasteiger partial charge in [0.15, 0.2) is 0 Å². The largest absolute Gasteiger partial charge is 0.507 e. The maximum absolute atomic E-state index is 13.8. The van der Waals surface area contributed by atoms with Gasteiger partial charge in [-0.25, -0.2) is 4.39 Å². The van der Waals surface area contributed by atoms with Gasteiger partial charge in [0.1, 0.15) is 17.1 Å². The van der Waals surface area contributed by atoms with Crippen molar-refractivity contribution < 1.29 is 14.3 Å². The van der Waals surface area contributed by atoms with Gasteiger partial charge in [-0.05, 0) is 45.4 Å². The fourth-order valence-electron chi connectivity index (χ4n) is 2.55. The monoisotopic (exact) mass is 280 g/mol. The maximum atomic E-state index is 13.8. The van der Waals surface area contributed by atoms with Crippen LogP contribution in [0.1, 0.15) is 37.0 Å². The van der Waals surface area contributed by atoms with Crippen LogP contribution in [0.2, 0.25) is 0 Å². The van der Waals surface area contributed by atoms with Gasteiger partial charge in [0.2, 0.25) is 0 Å². The fourth-order valence-corrected chi connectivity index (χ4v) is 2.55. The number of aromatic hydroxyl groups is 1. The second-order valence-electron chi connectivity index (χ2n) is 5.48. The van der Waals surface area contributed by atoms with Crippen molar-refractivity contribution in [2.75, 3.05) is 13.1 Å². The molecule has 20 heavy (non-hydrogen) atoms. The van der Waals surface area contributed by atoms with Crippen LogP contribution in [-0.4, -0.2) is 41.1 Å². The molecule has 1 unspecified atom stereocenters. The zero-order chi connectivity index (χ0) is 14.7. The number of halogens is 1. The molecule has 1 aliphatic rings. The molecule has 1 heterocycles. The summed E-state index contributed by atoms with van der Waals surface area (Å²) in [5.41, 5.74) is -0.237. The fraction of sp³-hybridized carbons (Fsp3) is 0.533. The van der Waals surface area contributed by atoms with Crippen molar-refractivity contribution in [2.24, 2.45) is 0 Å². The van der Waals surface area contributed by atoms with E-state index in [1.807, 2.05) is 13.8 Å². The molecule has 1 aliphatic heterocycles. The highest BCUT2D eigenvalue weighted by Crippen LogP contribution is 2.23. The topological polar surface area (TPSA) is 52.6 Å². The lowest BCUT2D eigenvalue weighted by molar-refractivity contribution is 0.0681. The normalized spacial score (nSPS) is 18.5. The SMILES string of the molecule is CC(C)N(CC1CCCN1)C(=O)c1c(O)cccc1F. The summed E-state index contributed by atoms with van der Waals surface area (Å²) in [7, 11) is 0. The molecule has 0 radical (unpaired) electrons. The summed E-state index contributed by atoms with van der Waals surface area (Å²) in [6, 6.07) is 4.11. The van der Waals surface area contributed by atoms with E-state index in [0.717, 1.165) is 19.4 Å². The predicted octanol–water partition coefficient (Wildman–Crippen LogP) is 2.13. The second kappa shape index (κ2) is 6.22. The molecule has 1 amide bonds. The van der Waals surface area contributed by atoms with Crippen LogP contribution in [0.25, 0.3) is 0 Å². The lowest BCUT2D eigenvalue weighted by atomic mass is 10.1. The second-order valence-corrected chi connectivity index (χ2v) is 5.48. The van der Waals surface area contributed by atoms with Crippen LogP contribution in [0.4, 0.5) is 4.39 Å². The van der Waals surface area contributed by atoms with E-state index in [0.29, 0.717) is 6.54 Å². The molecule has 110 valence electrons. The summed E-state index contributed by atoms with van der Waals surface area (Å²) in [6.45, 7) is 5.27. The van der Waals surface area contributed by atoms with E-state index >= 15 is 0 Å². The Balaban J connectivity index is 2.22. The Morgan fingerprint density at radius 3 is 2.85 bits per heavy atom. The number of benzene rings is 1. The van der Waals surface area contributed by atoms with Gasteiger partial charge in [-0.2, -0.15) is 0 Å². The van der Waals surface area contributed by atoms with Gasteiger partial charge >= 0.3 is 0 Å².